The molecular formula is C10H14O2. The summed E-state index contributed by atoms with van der Waals surface area (Å²) in [6.07, 6.45) is 5.94. The Morgan fingerprint density at radius 1 is 1.25 bits per heavy atom. The lowest BCUT2D eigenvalue weighted by atomic mass is 9.85. The highest BCUT2D eigenvalue weighted by molar-refractivity contribution is 5.70. The number of fused-ring (bicyclic) bond motifs is 1. The number of rotatable bonds is 0. The lowest BCUT2D eigenvalue weighted by Crippen LogP contribution is -2.25. The van der Waals surface area contributed by atoms with E-state index < -0.39 is 0 Å². The van der Waals surface area contributed by atoms with Crippen LogP contribution in [0.25, 0.3) is 0 Å². The van der Waals surface area contributed by atoms with Crippen molar-refractivity contribution in [3.8, 4) is 0 Å². The molecule has 2 nitrogen and oxygen atoms in total. The molecular weight excluding hydrogens is 152 g/mol. The molecule has 0 radical (unpaired) electrons. The van der Waals surface area contributed by atoms with Crippen molar-refractivity contribution in [1.29, 1.82) is 0 Å². The Balaban J connectivity index is 1.89. The van der Waals surface area contributed by atoms with E-state index in [1.165, 1.54) is 12.8 Å². The largest absolute Gasteiger partial charge is 0.462 e. The van der Waals surface area contributed by atoms with Crippen molar-refractivity contribution in [3.05, 3.63) is 0 Å². The summed E-state index contributed by atoms with van der Waals surface area (Å²) in [5.41, 5.74) is 0. The molecule has 3 fully saturated rings. The summed E-state index contributed by atoms with van der Waals surface area (Å²) in [7, 11) is 0. The van der Waals surface area contributed by atoms with Crippen molar-refractivity contribution in [2.75, 3.05) is 0 Å². The molecule has 1 saturated heterocycles. The number of hydrogen-bond acceptors (Lipinski definition) is 2. The van der Waals surface area contributed by atoms with Crippen molar-refractivity contribution in [3.63, 3.8) is 0 Å². The fraction of sp³-hybridized carbons (Fsp3) is 0.900. The third kappa shape index (κ3) is 0.838. The Morgan fingerprint density at radius 2 is 2.17 bits per heavy atom. The third-order valence-electron chi connectivity index (χ3n) is 3.89. The van der Waals surface area contributed by atoms with Crippen LogP contribution in [0.2, 0.25) is 0 Å². The van der Waals surface area contributed by atoms with Gasteiger partial charge in [0.1, 0.15) is 6.10 Å². The van der Waals surface area contributed by atoms with Gasteiger partial charge in [-0.1, -0.05) is 0 Å². The summed E-state index contributed by atoms with van der Waals surface area (Å²) >= 11 is 0. The number of ether oxygens (including phenoxy) is 1. The molecule has 66 valence electrons. The quantitative estimate of drug-likeness (QED) is 0.512. The average molecular weight is 166 g/mol. The Bertz CT molecular complexity index is 222. The summed E-state index contributed by atoms with van der Waals surface area (Å²) in [5.74, 6) is 2.49. The molecule has 3 rings (SSSR count). The lowest BCUT2D eigenvalue weighted by Gasteiger charge is -2.24. The van der Waals surface area contributed by atoms with Gasteiger partial charge in [0.25, 0.3) is 0 Å². The molecule has 2 saturated carbocycles. The van der Waals surface area contributed by atoms with Gasteiger partial charge in [0.15, 0.2) is 0 Å². The maximum Gasteiger partial charge on any atom is 0.306 e. The van der Waals surface area contributed by atoms with E-state index in [-0.39, 0.29) is 5.97 Å². The van der Waals surface area contributed by atoms with Crippen LogP contribution in [0.4, 0.5) is 0 Å². The molecule has 0 aromatic rings. The molecule has 0 amide bonds. The van der Waals surface area contributed by atoms with E-state index in [4.69, 9.17) is 4.74 Å². The van der Waals surface area contributed by atoms with Gasteiger partial charge in [-0.05, 0) is 43.4 Å². The van der Waals surface area contributed by atoms with Gasteiger partial charge in [0, 0.05) is 6.42 Å². The summed E-state index contributed by atoms with van der Waals surface area (Å²) in [4.78, 5) is 11.2. The van der Waals surface area contributed by atoms with Crippen molar-refractivity contribution in [2.24, 2.45) is 17.8 Å². The first-order valence-electron chi connectivity index (χ1n) is 5.02. The summed E-state index contributed by atoms with van der Waals surface area (Å²) < 4.78 is 5.40. The van der Waals surface area contributed by atoms with Crippen LogP contribution >= 0.6 is 0 Å². The molecule has 2 bridgehead atoms. The van der Waals surface area contributed by atoms with Gasteiger partial charge < -0.3 is 4.74 Å². The minimum Gasteiger partial charge on any atom is -0.462 e. The maximum atomic E-state index is 11.2. The fourth-order valence-corrected chi connectivity index (χ4v) is 3.43. The standard InChI is InChI=1S/C10H14O2/c11-10-2-1-7-3-6-4-8(7)9(5-6)12-10/h6-9H,1-5H2. The van der Waals surface area contributed by atoms with Crippen LogP contribution in [0.15, 0.2) is 0 Å². The molecule has 4 atom stereocenters. The van der Waals surface area contributed by atoms with Crippen LogP contribution in [0.5, 0.6) is 0 Å². The average Bonchev–Trinajstić information content (AvgIpc) is 2.57. The molecule has 0 aromatic carbocycles. The van der Waals surface area contributed by atoms with E-state index in [1.54, 1.807) is 0 Å². The van der Waals surface area contributed by atoms with Crippen molar-refractivity contribution < 1.29 is 9.53 Å². The molecule has 3 aliphatic rings. The predicted octanol–water partition coefficient (Wildman–Crippen LogP) is 1.74. The van der Waals surface area contributed by atoms with Crippen LogP contribution in [-0.4, -0.2) is 12.1 Å². The van der Waals surface area contributed by atoms with E-state index in [1.807, 2.05) is 0 Å². The Kier molecular flexibility index (Phi) is 1.29. The highest BCUT2D eigenvalue weighted by Crippen LogP contribution is 2.52. The van der Waals surface area contributed by atoms with Crippen molar-refractivity contribution in [1.82, 2.24) is 0 Å². The van der Waals surface area contributed by atoms with Crippen LogP contribution in [-0.2, 0) is 9.53 Å². The summed E-state index contributed by atoms with van der Waals surface area (Å²) in [5, 5.41) is 0. The monoisotopic (exact) mass is 166 g/mol. The molecule has 0 N–H and O–H groups in total. The topological polar surface area (TPSA) is 26.3 Å². The van der Waals surface area contributed by atoms with Crippen LogP contribution in [0.1, 0.15) is 32.1 Å². The molecule has 2 aliphatic carbocycles. The molecule has 0 aromatic heterocycles. The molecule has 4 unspecified atom stereocenters. The number of hydrogen-bond donors (Lipinski definition) is 0. The first kappa shape index (κ1) is 6.93. The SMILES string of the molecule is O=C1CCC2CC3CC(O1)C2C3. The van der Waals surface area contributed by atoms with E-state index in [0.717, 1.165) is 30.6 Å². The Morgan fingerprint density at radius 3 is 3.00 bits per heavy atom. The van der Waals surface area contributed by atoms with Gasteiger partial charge in [0.2, 0.25) is 0 Å². The number of esters is 1. The molecule has 1 aliphatic heterocycles. The Hall–Kier alpha value is -0.530. The van der Waals surface area contributed by atoms with Crippen LogP contribution in [0, 0.1) is 17.8 Å². The normalized spacial score (nSPS) is 50.5. The zero-order valence-corrected chi connectivity index (χ0v) is 7.16. The number of carbonyl (C=O) groups is 1. The Labute approximate surface area is 72.3 Å². The zero-order chi connectivity index (χ0) is 8.13. The number of carbonyl (C=O) groups excluding carboxylic acids is 1. The highest BCUT2D eigenvalue weighted by atomic mass is 16.5. The van der Waals surface area contributed by atoms with Crippen LogP contribution < -0.4 is 0 Å². The van der Waals surface area contributed by atoms with E-state index in [0.29, 0.717) is 12.5 Å². The highest BCUT2D eigenvalue weighted by Gasteiger charge is 2.49. The third-order valence-corrected chi connectivity index (χ3v) is 3.89. The second-order valence-corrected chi connectivity index (χ2v) is 4.56. The molecule has 12 heavy (non-hydrogen) atoms. The molecule has 2 heteroatoms. The second kappa shape index (κ2) is 2.24. The van der Waals surface area contributed by atoms with Crippen molar-refractivity contribution in [2.45, 2.75) is 38.2 Å². The smallest absolute Gasteiger partial charge is 0.306 e. The van der Waals surface area contributed by atoms with Gasteiger partial charge in [-0.15, -0.1) is 0 Å². The minimum atomic E-state index is 0.0510. The first-order chi connectivity index (χ1) is 5.83. The molecule has 0 spiro atoms. The van der Waals surface area contributed by atoms with Gasteiger partial charge >= 0.3 is 5.97 Å². The zero-order valence-electron chi connectivity index (χ0n) is 7.16. The summed E-state index contributed by atoms with van der Waals surface area (Å²) in [6, 6.07) is 0. The lowest BCUT2D eigenvalue weighted by molar-refractivity contribution is -0.149. The minimum absolute atomic E-state index is 0.0510. The van der Waals surface area contributed by atoms with Gasteiger partial charge in [0.05, 0.1) is 0 Å². The van der Waals surface area contributed by atoms with Crippen molar-refractivity contribution >= 4 is 5.97 Å². The van der Waals surface area contributed by atoms with Gasteiger partial charge in [-0.3, -0.25) is 4.79 Å². The molecule has 1 heterocycles. The van der Waals surface area contributed by atoms with Crippen LogP contribution in [0.3, 0.4) is 0 Å². The first-order valence-corrected chi connectivity index (χ1v) is 5.02. The van der Waals surface area contributed by atoms with E-state index >= 15 is 0 Å². The van der Waals surface area contributed by atoms with E-state index in [9.17, 15) is 4.79 Å². The van der Waals surface area contributed by atoms with Gasteiger partial charge in [-0.25, -0.2) is 0 Å². The summed E-state index contributed by atoms with van der Waals surface area (Å²) in [6.45, 7) is 0. The maximum absolute atomic E-state index is 11.2. The van der Waals surface area contributed by atoms with E-state index in [2.05, 4.69) is 0 Å². The van der Waals surface area contributed by atoms with Gasteiger partial charge in [-0.2, -0.15) is 0 Å². The predicted molar refractivity (Wildman–Crippen MR) is 43.4 cm³/mol. The fourth-order valence-electron chi connectivity index (χ4n) is 3.43. The second-order valence-electron chi connectivity index (χ2n) is 4.56.